The van der Waals surface area contributed by atoms with Gasteiger partial charge in [-0.1, -0.05) is 68.4 Å². The van der Waals surface area contributed by atoms with Gasteiger partial charge in [-0.3, -0.25) is 0 Å². The second-order valence-electron chi connectivity index (χ2n) is 11.4. The van der Waals surface area contributed by atoms with Crippen LogP contribution >= 0.6 is 45.8 Å². The lowest BCUT2D eigenvalue weighted by Gasteiger charge is -2.09. The molecule has 0 atom stereocenters. The van der Waals surface area contributed by atoms with Gasteiger partial charge in [-0.15, -0.1) is 43.9 Å². The molecule has 0 aliphatic carbocycles. The van der Waals surface area contributed by atoms with Gasteiger partial charge in [-0.05, 0) is 71.1 Å². The highest BCUT2D eigenvalue weighted by Crippen LogP contribution is 2.27. The summed E-state index contributed by atoms with van der Waals surface area (Å²) < 4.78 is 83.5. The van der Waals surface area contributed by atoms with Crippen LogP contribution in [-0.2, 0) is 0 Å². The van der Waals surface area contributed by atoms with Crippen LogP contribution in [-0.4, -0.2) is 48.4 Å². The van der Waals surface area contributed by atoms with Crippen LogP contribution in [0.2, 0.25) is 49.6 Å². The maximum Gasteiger partial charge on any atom is 0.573 e. The molecule has 0 aliphatic heterocycles. The van der Waals surface area contributed by atoms with Gasteiger partial charge in [0.05, 0.1) is 32.9 Å². The third-order valence-electron chi connectivity index (χ3n) is 5.02. The Hall–Kier alpha value is -3.10. The topological polar surface area (TPSA) is 54.1 Å². The fraction of sp³-hybridized carbons (Fsp3) is 0.267. The molecule has 0 bridgehead atoms. The molecular weight excluding hydrogens is 816 g/mol. The number of nitrogens with zero attached hydrogens (tertiary/aromatic N) is 4. The van der Waals surface area contributed by atoms with Gasteiger partial charge in [0.1, 0.15) is 38.0 Å². The molecule has 0 N–H and O–H groups in total. The third kappa shape index (κ3) is 14.7. The lowest BCUT2D eigenvalue weighted by atomic mass is 10.3. The quantitative estimate of drug-likeness (QED) is 0.0889. The molecule has 47 heavy (non-hydrogen) atoms. The van der Waals surface area contributed by atoms with E-state index in [1.54, 1.807) is 6.20 Å². The Morgan fingerprint density at radius 1 is 0.702 bits per heavy atom. The predicted molar refractivity (Wildman–Crippen MR) is 186 cm³/mol. The molecule has 0 saturated heterocycles. The Morgan fingerprint density at radius 3 is 1.40 bits per heavy atom. The van der Waals surface area contributed by atoms with Crippen molar-refractivity contribution < 1.29 is 35.8 Å². The number of aromatic nitrogens is 4. The summed E-state index contributed by atoms with van der Waals surface area (Å²) >= 11 is 14.2. The first-order valence-corrected chi connectivity index (χ1v) is 22.2. The lowest BCUT2D eigenvalue weighted by Crippen LogP contribution is -2.17. The number of hydrogen-bond acceptors (Lipinski definition) is 4. The van der Waals surface area contributed by atoms with Crippen molar-refractivity contribution in [3.05, 3.63) is 80.4 Å². The van der Waals surface area contributed by atoms with Crippen molar-refractivity contribution in [3.8, 4) is 46.3 Å². The molecular formula is C30H29Cl2F6IN4O2Si2. The van der Waals surface area contributed by atoms with Crippen LogP contribution in [0, 0.1) is 27.0 Å². The van der Waals surface area contributed by atoms with Crippen LogP contribution in [0.15, 0.2) is 60.9 Å². The molecule has 0 aliphatic rings. The number of benzene rings is 2. The first kappa shape index (κ1) is 40.1. The highest BCUT2D eigenvalue weighted by molar-refractivity contribution is 14.1. The van der Waals surface area contributed by atoms with Crippen molar-refractivity contribution in [2.24, 2.45) is 0 Å². The van der Waals surface area contributed by atoms with E-state index in [1.807, 2.05) is 22.6 Å². The molecule has 2 aromatic heterocycles. The zero-order valence-corrected chi connectivity index (χ0v) is 31.5. The normalized spacial score (nSPS) is 11.5. The molecule has 0 saturated carbocycles. The van der Waals surface area contributed by atoms with E-state index in [-0.39, 0.29) is 11.5 Å². The smallest absolute Gasteiger partial charge is 0.406 e. The van der Waals surface area contributed by atoms with Crippen LogP contribution in [0.4, 0.5) is 26.3 Å². The van der Waals surface area contributed by atoms with Gasteiger partial charge in [0.15, 0.2) is 0 Å². The molecule has 0 fully saturated rings. The van der Waals surface area contributed by atoms with Crippen LogP contribution in [0.5, 0.6) is 11.5 Å². The van der Waals surface area contributed by atoms with Crippen molar-refractivity contribution in [1.82, 2.24) is 19.6 Å². The summed E-state index contributed by atoms with van der Waals surface area (Å²) in [5.41, 5.74) is 7.59. The largest absolute Gasteiger partial charge is 0.573 e. The van der Waals surface area contributed by atoms with E-state index in [0.717, 1.165) is 3.57 Å². The van der Waals surface area contributed by atoms with Crippen LogP contribution in [0.1, 0.15) is 5.56 Å². The SMILES string of the molecule is C#C[Si](C)(C)C.C[Si](C)(C)C#Cc1cnn(-c2ccc(OC(F)(F)F)cc2)c1Cl.FC(F)(F)Oc1ccc(-n2ncc(I)c2Cl)cc1. The number of ether oxygens (including phenoxy) is 2. The van der Waals surface area contributed by atoms with Crippen molar-refractivity contribution in [2.75, 3.05) is 0 Å². The summed E-state index contributed by atoms with van der Waals surface area (Å²) in [5.74, 6) is 2.42. The minimum absolute atomic E-state index is 0.288. The summed E-state index contributed by atoms with van der Waals surface area (Å²) in [4.78, 5) is 0. The Morgan fingerprint density at radius 2 is 1.09 bits per heavy atom. The fourth-order valence-electron chi connectivity index (χ4n) is 2.92. The zero-order valence-electron chi connectivity index (χ0n) is 25.9. The molecule has 0 radical (unpaired) electrons. The van der Waals surface area contributed by atoms with E-state index in [9.17, 15) is 26.3 Å². The summed E-state index contributed by atoms with van der Waals surface area (Å²) in [5, 5.41) is 8.85. The van der Waals surface area contributed by atoms with Gasteiger partial charge in [0, 0.05) is 0 Å². The zero-order chi connectivity index (χ0) is 35.8. The molecule has 17 heteroatoms. The Kier molecular flexibility index (Phi) is 13.9. The van der Waals surface area contributed by atoms with E-state index in [0.29, 0.717) is 27.2 Å². The second-order valence-corrected chi connectivity index (χ2v) is 22.9. The maximum atomic E-state index is 12.1. The molecule has 4 rings (SSSR count). The van der Waals surface area contributed by atoms with Crippen molar-refractivity contribution >= 4 is 61.9 Å². The third-order valence-corrected chi connectivity index (χ3v) is 8.59. The van der Waals surface area contributed by atoms with E-state index in [1.165, 1.54) is 64.1 Å². The molecule has 2 heterocycles. The van der Waals surface area contributed by atoms with Gasteiger partial charge in [-0.25, -0.2) is 9.36 Å². The van der Waals surface area contributed by atoms with Crippen molar-refractivity contribution in [2.45, 2.75) is 52.0 Å². The predicted octanol–water partition coefficient (Wildman–Crippen LogP) is 10.2. The minimum Gasteiger partial charge on any atom is -0.406 e. The lowest BCUT2D eigenvalue weighted by molar-refractivity contribution is -0.275. The highest BCUT2D eigenvalue weighted by Gasteiger charge is 2.31. The van der Waals surface area contributed by atoms with Gasteiger partial charge >= 0.3 is 12.7 Å². The number of halogens is 9. The monoisotopic (exact) mass is 844 g/mol. The van der Waals surface area contributed by atoms with E-state index in [2.05, 4.69) is 76.0 Å². The molecule has 0 spiro atoms. The van der Waals surface area contributed by atoms with Crippen LogP contribution < -0.4 is 9.47 Å². The summed E-state index contributed by atoms with van der Waals surface area (Å²) in [6.07, 6.45) is -1.20. The Bertz CT molecular complexity index is 1730. The number of rotatable bonds is 4. The van der Waals surface area contributed by atoms with Gasteiger partial charge < -0.3 is 9.47 Å². The minimum atomic E-state index is -4.72. The Labute approximate surface area is 294 Å². The molecule has 0 unspecified atom stereocenters. The first-order valence-electron chi connectivity index (χ1n) is 13.3. The molecule has 4 aromatic rings. The van der Waals surface area contributed by atoms with Gasteiger partial charge in [0.25, 0.3) is 0 Å². The van der Waals surface area contributed by atoms with Crippen molar-refractivity contribution in [3.63, 3.8) is 0 Å². The Balaban J connectivity index is 0.000000284. The van der Waals surface area contributed by atoms with E-state index in [4.69, 9.17) is 29.6 Å². The van der Waals surface area contributed by atoms with Gasteiger partial charge in [-0.2, -0.15) is 10.2 Å². The average Bonchev–Trinajstić information content (AvgIpc) is 3.47. The maximum absolute atomic E-state index is 12.1. The molecule has 252 valence electrons. The molecule has 2 aromatic carbocycles. The standard InChI is InChI=1S/C15H14ClF3N2OSi.C10H5ClF3IN2O.C5H10Si/c1-23(2,3)9-8-11-10-20-21(14(11)16)12-4-6-13(7-5-12)22-15(17,18)19;11-9-8(15)5-16-17(9)6-1-3-7(4-2-6)18-10(12,13)14;1-5-6(2,3)4/h4-7,10H,1-3H3;1-5H;1H,2-4H3. The summed E-state index contributed by atoms with van der Waals surface area (Å²) in [6, 6.07) is 10.6. The molecule has 0 amide bonds. The van der Waals surface area contributed by atoms with E-state index >= 15 is 0 Å². The second kappa shape index (κ2) is 16.3. The number of alkyl halides is 6. The van der Waals surface area contributed by atoms with Gasteiger partial charge in [0.2, 0.25) is 0 Å². The number of terminal acetylenes is 1. The average molecular weight is 846 g/mol. The van der Waals surface area contributed by atoms with Crippen LogP contribution in [0.3, 0.4) is 0 Å². The molecule has 6 nitrogen and oxygen atoms in total. The highest BCUT2D eigenvalue weighted by atomic mass is 127. The van der Waals surface area contributed by atoms with E-state index < -0.39 is 28.9 Å². The fourth-order valence-corrected chi connectivity index (χ4v) is 4.21. The van der Waals surface area contributed by atoms with Crippen LogP contribution in [0.25, 0.3) is 11.4 Å². The first-order chi connectivity index (χ1) is 21.5. The summed E-state index contributed by atoms with van der Waals surface area (Å²) in [6.45, 7) is 12.8. The number of hydrogen-bond donors (Lipinski definition) is 0. The summed E-state index contributed by atoms with van der Waals surface area (Å²) in [7, 11) is -2.65. The van der Waals surface area contributed by atoms with Crippen molar-refractivity contribution in [1.29, 1.82) is 0 Å².